The fourth-order valence-electron chi connectivity index (χ4n) is 5.37. The Bertz CT molecular complexity index is 864. The SMILES string of the molecule is CN(C)C1(Cc2ccccc2)CCC2(CCN(C(=O)/C=C\c3ccccc3)C2)CC1. The van der Waals surface area contributed by atoms with E-state index in [-0.39, 0.29) is 11.4 Å². The summed E-state index contributed by atoms with van der Waals surface area (Å²) in [6.07, 6.45) is 10.8. The molecule has 2 aliphatic rings. The van der Waals surface area contributed by atoms with Crippen LogP contribution in [0.1, 0.15) is 43.2 Å². The van der Waals surface area contributed by atoms with Crippen molar-refractivity contribution in [2.24, 2.45) is 5.41 Å². The Morgan fingerprint density at radius 1 is 0.933 bits per heavy atom. The minimum atomic E-state index is 0.157. The molecule has 1 spiro atoms. The molecular formula is C27H34N2O. The summed E-state index contributed by atoms with van der Waals surface area (Å²) < 4.78 is 0. The summed E-state index contributed by atoms with van der Waals surface area (Å²) in [5.74, 6) is 0.157. The highest BCUT2D eigenvalue weighted by Crippen LogP contribution is 2.49. The summed E-state index contributed by atoms with van der Waals surface area (Å²) >= 11 is 0. The van der Waals surface area contributed by atoms with Gasteiger partial charge in [0.1, 0.15) is 0 Å². The van der Waals surface area contributed by atoms with Crippen molar-refractivity contribution in [3.8, 4) is 0 Å². The Kier molecular flexibility index (Phi) is 6.10. The molecule has 4 rings (SSSR count). The zero-order valence-corrected chi connectivity index (χ0v) is 18.4. The predicted octanol–water partition coefficient (Wildman–Crippen LogP) is 5.04. The summed E-state index contributed by atoms with van der Waals surface area (Å²) in [6.45, 7) is 1.81. The largest absolute Gasteiger partial charge is 0.339 e. The molecule has 0 radical (unpaired) electrons. The van der Waals surface area contributed by atoms with Crippen LogP contribution in [0, 0.1) is 5.41 Å². The second-order valence-electron chi connectivity index (χ2n) is 9.53. The van der Waals surface area contributed by atoms with Crippen molar-refractivity contribution in [3.63, 3.8) is 0 Å². The fraction of sp³-hybridized carbons (Fsp3) is 0.444. The molecule has 1 amide bonds. The lowest BCUT2D eigenvalue weighted by Gasteiger charge is -2.49. The second kappa shape index (κ2) is 8.77. The van der Waals surface area contributed by atoms with Gasteiger partial charge in [0.25, 0.3) is 0 Å². The zero-order chi connectivity index (χ0) is 21.0. The lowest BCUT2D eigenvalue weighted by atomic mass is 9.65. The number of hydrogen-bond acceptors (Lipinski definition) is 2. The van der Waals surface area contributed by atoms with Crippen molar-refractivity contribution in [1.29, 1.82) is 0 Å². The van der Waals surface area contributed by atoms with E-state index in [9.17, 15) is 4.79 Å². The molecule has 1 aliphatic heterocycles. The van der Waals surface area contributed by atoms with E-state index >= 15 is 0 Å². The third-order valence-corrected chi connectivity index (χ3v) is 7.53. The number of likely N-dealkylation sites (tertiary alicyclic amines) is 1. The molecule has 2 fully saturated rings. The molecule has 0 atom stereocenters. The third-order valence-electron chi connectivity index (χ3n) is 7.53. The summed E-state index contributed by atoms with van der Waals surface area (Å²) in [6, 6.07) is 21.0. The maximum absolute atomic E-state index is 12.8. The van der Waals surface area contributed by atoms with Crippen molar-refractivity contribution in [1.82, 2.24) is 9.80 Å². The maximum atomic E-state index is 12.8. The van der Waals surface area contributed by atoms with E-state index in [1.807, 2.05) is 36.4 Å². The first kappa shape index (κ1) is 20.9. The number of likely N-dealkylation sites (N-methyl/N-ethyl adjacent to an activating group) is 1. The monoisotopic (exact) mass is 402 g/mol. The quantitative estimate of drug-likeness (QED) is 0.655. The van der Waals surface area contributed by atoms with Gasteiger partial charge in [-0.2, -0.15) is 0 Å². The van der Waals surface area contributed by atoms with Gasteiger partial charge in [0.2, 0.25) is 5.91 Å². The molecule has 30 heavy (non-hydrogen) atoms. The minimum Gasteiger partial charge on any atom is -0.339 e. The van der Waals surface area contributed by atoms with E-state index in [2.05, 4.69) is 54.2 Å². The van der Waals surface area contributed by atoms with Gasteiger partial charge in [0, 0.05) is 24.7 Å². The molecule has 3 nitrogen and oxygen atoms in total. The van der Waals surface area contributed by atoms with E-state index in [4.69, 9.17) is 0 Å². The van der Waals surface area contributed by atoms with Gasteiger partial charge in [-0.3, -0.25) is 4.79 Å². The van der Waals surface area contributed by atoms with Gasteiger partial charge in [0.15, 0.2) is 0 Å². The average molecular weight is 403 g/mol. The van der Waals surface area contributed by atoms with Crippen LogP contribution in [0.4, 0.5) is 0 Å². The van der Waals surface area contributed by atoms with Gasteiger partial charge in [-0.25, -0.2) is 0 Å². The van der Waals surface area contributed by atoms with Crippen LogP contribution < -0.4 is 0 Å². The van der Waals surface area contributed by atoms with E-state index in [0.717, 1.165) is 31.5 Å². The number of carbonyl (C=O) groups is 1. The molecule has 1 saturated heterocycles. The molecule has 0 aromatic heterocycles. The lowest BCUT2D eigenvalue weighted by Crippen LogP contribution is -2.51. The van der Waals surface area contributed by atoms with Crippen molar-refractivity contribution in [2.45, 2.75) is 44.1 Å². The van der Waals surface area contributed by atoms with Crippen LogP contribution in [0.2, 0.25) is 0 Å². The molecule has 0 unspecified atom stereocenters. The Morgan fingerprint density at radius 2 is 1.57 bits per heavy atom. The van der Waals surface area contributed by atoms with Gasteiger partial charge in [-0.05, 0) is 75.2 Å². The lowest BCUT2D eigenvalue weighted by molar-refractivity contribution is -0.125. The molecular weight excluding hydrogens is 368 g/mol. The minimum absolute atomic E-state index is 0.157. The molecule has 3 heteroatoms. The van der Waals surface area contributed by atoms with Crippen LogP contribution in [0.3, 0.4) is 0 Å². The molecule has 2 aromatic rings. The Morgan fingerprint density at radius 3 is 2.20 bits per heavy atom. The van der Waals surface area contributed by atoms with Crippen LogP contribution in [0.25, 0.3) is 6.08 Å². The highest BCUT2D eigenvalue weighted by Gasteiger charge is 2.47. The van der Waals surface area contributed by atoms with Gasteiger partial charge < -0.3 is 9.80 Å². The number of benzene rings is 2. The van der Waals surface area contributed by atoms with Gasteiger partial charge >= 0.3 is 0 Å². The first-order valence-electron chi connectivity index (χ1n) is 11.2. The predicted molar refractivity (Wildman–Crippen MR) is 124 cm³/mol. The topological polar surface area (TPSA) is 23.6 Å². The van der Waals surface area contributed by atoms with E-state index in [0.29, 0.717) is 5.41 Å². The smallest absolute Gasteiger partial charge is 0.246 e. The molecule has 2 aromatic carbocycles. The number of carbonyl (C=O) groups excluding carboxylic acids is 1. The van der Waals surface area contributed by atoms with Crippen molar-refractivity contribution < 1.29 is 4.79 Å². The van der Waals surface area contributed by atoms with Crippen LogP contribution in [0.5, 0.6) is 0 Å². The summed E-state index contributed by atoms with van der Waals surface area (Å²) in [5.41, 5.74) is 3.05. The van der Waals surface area contributed by atoms with Crippen molar-refractivity contribution in [3.05, 3.63) is 77.9 Å². The highest BCUT2D eigenvalue weighted by atomic mass is 16.2. The molecule has 158 valence electrons. The van der Waals surface area contributed by atoms with Crippen LogP contribution in [-0.4, -0.2) is 48.4 Å². The number of rotatable bonds is 5. The summed E-state index contributed by atoms with van der Waals surface area (Å²) in [5, 5.41) is 0. The van der Waals surface area contributed by atoms with E-state index in [1.165, 1.54) is 31.2 Å². The number of nitrogens with zero attached hydrogens (tertiary/aromatic N) is 2. The van der Waals surface area contributed by atoms with Crippen molar-refractivity contribution in [2.75, 3.05) is 27.2 Å². The Hall–Kier alpha value is -2.39. The second-order valence-corrected chi connectivity index (χ2v) is 9.53. The van der Waals surface area contributed by atoms with Gasteiger partial charge in [-0.15, -0.1) is 0 Å². The van der Waals surface area contributed by atoms with Crippen LogP contribution in [0.15, 0.2) is 66.7 Å². The summed E-state index contributed by atoms with van der Waals surface area (Å²) in [4.78, 5) is 17.3. The highest BCUT2D eigenvalue weighted by molar-refractivity contribution is 5.92. The molecule has 0 N–H and O–H groups in total. The van der Waals surface area contributed by atoms with Gasteiger partial charge in [0.05, 0.1) is 0 Å². The van der Waals surface area contributed by atoms with Gasteiger partial charge in [-0.1, -0.05) is 60.7 Å². The first-order chi connectivity index (χ1) is 14.5. The summed E-state index contributed by atoms with van der Waals surface area (Å²) in [7, 11) is 4.47. The standard InChI is InChI=1S/C27H34N2O/c1-28(2)27(21-24-11-7-4-8-12-24)17-15-26(16-18-27)19-20-29(22-26)25(30)14-13-23-9-5-3-6-10-23/h3-14H,15-22H2,1-2H3/b14-13-. The molecule has 0 bridgehead atoms. The third kappa shape index (κ3) is 4.52. The van der Waals surface area contributed by atoms with E-state index in [1.54, 1.807) is 6.08 Å². The van der Waals surface area contributed by atoms with Crippen LogP contribution >= 0.6 is 0 Å². The van der Waals surface area contributed by atoms with Crippen LogP contribution in [-0.2, 0) is 11.2 Å². The van der Waals surface area contributed by atoms with E-state index < -0.39 is 0 Å². The number of hydrogen-bond donors (Lipinski definition) is 0. The normalized spacial score (nSPS) is 26.7. The fourth-order valence-corrected chi connectivity index (χ4v) is 5.37. The zero-order valence-electron chi connectivity index (χ0n) is 18.4. The molecule has 1 saturated carbocycles. The Labute approximate surface area is 181 Å². The maximum Gasteiger partial charge on any atom is 0.246 e. The Balaban J connectivity index is 1.38. The molecule has 1 heterocycles. The van der Waals surface area contributed by atoms with Crippen molar-refractivity contribution >= 4 is 12.0 Å². The average Bonchev–Trinajstić information content (AvgIpc) is 3.19. The molecule has 1 aliphatic carbocycles. The number of amides is 1. The first-order valence-corrected chi connectivity index (χ1v) is 11.2.